The van der Waals surface area contributed by atoms with Crippen LogP contribution in [0.25, 0.3) is 0 Å². The van der Waals surface area contributed by atoms with Gasteiger partial charge in [-0.3, -0.25) is 0 Å². The van der Waals surface area contributed by atoms with Crippen LogP contribution in [0.4, 0.5) is 0 Å². The van der Waals surface area contributed by atoms with Crippen molar-refractivity contribution >= 4 is 23.5 Å². The number of carbonyl (C=O) groups is 2. The fourth-order valence-corrected chi connectivity index (χ4v) is 2.24. The highest BCUT2D eigenvalue weighted by atomic mass is 35.5. The van der Waals surface area contributed by atoms with Crippen LogP contribution in [0.5, 0.6) is 0 Å². The molecular weight excluding hydrogens is 316 g/mol. The molecule has 1 aromatic rings. The van der Waals surface area contributed by atoms with Crippen LogP contribution in [0.2, 0.25) is 5.02 Å². The van der Waals surface area contributed by atoms with Crippen molar-refractivity contribution in [2.75, 3.05) is 0 Å². The monoisotopic (exact) mass is 338 g/mol. The number of allylic oxidation sites excluding steroid dienone is 1. The van der Waals surface area contributed by atoms with Crippen LogP contribution < -0.4 is 0 Å². The van der Waals surface area contributed by atoms with Gasteiger partial charge in [-0.2, -0.15) is 0 Å². The fourth-order valence-electron chi connectivity index (χ4n) is 2.05. The third kappa shape index (κ3) is 9.04. The summed E-state index contributed by atoms with van der Waals surface area (Å²) in [6.45, 7) is 3.69. The Morgan fingerprint density at radius 2 is 1.74 bits per heavy atom. The summed E-state index contributed by atoms with van der Waals surface area (Å²) in [4.78, 5) is 32.1. The second-order valence-corrected chi connectivity index (χ2v) is 5.72. The molecule has 126 valence electrons. The van der Waals surface area contributed by atoms with Crippen LogP contribution in [0.1, 0.15) is 61.7 Å². The summed E-state index contributed by atoms with van der Waals surface area (Å²) in [5.41, 5.74) is 0.241. The van der Waals surface area contributed by atoms with Crippen LogP contribution >= 0.6 is 11.6 Å². The van der Waals surface area contributed by atoms with E-state index < -0.39 is 11.9 Å². The highest BCUT2D eigenvalue weighted by molar-refractivity contribution is 6.30. The van der Waals surface area contributed by atoms with Crippen molar-refractivity contribution in [2.24, 2.45) is 0 Å². The molecule has 0 heterocycles. The number of hydrogen-bond acceptors (Lipinski definition) is 4. The van der Waals surface area contributed by atoms with E-state index in [9.17, 15) is 9.59 Å². The molecule has 5 heteroatoms. The summed E-state index contributed by atoms with van der Waals surface area (Å²) in [5, 5.41) is 0.416. The highest BCUT2D eigenvalue weighted by Gasteiger charge is 2.12. The van der Waals surface area contributed by atoms with E-state index in [2.05, 4.69) is 16.4 Å². The van der Waals surface area contributed by atoms with Crippen molar-refractivity contribution in [1.82, 2.24) is 0 Å². The van der Waals surface area contributed by atoms with Gasteiger partial charge in [0.2, 0.25) is 0 Å². The Morgan fingerprint density at radius 1 is 1.04 bits per heavy atom. The number of hydrogen-bond donors (Lipinski definition) is 0. The van der Waals surface area contributed by atoms with E-state index in [4.69, 9.17) is 11.6 Å². The number of halogens is 1. The van der Waals surface area contributed by atoms with Crippen LogP contribution in [-0.4, -0.2) is 11.9 Å². The third-order valence-corrected chi connectivity index (χ3v) is 3.54. The molecule has 0 fully saturated rings. The number of carbonyl (C=O) groups excluding carboxylic acids is 2. The molecule has 0 aliphatic heterocycles. The van der Waals surface area contributed by atoms with Crippen molar-refractivity contribution in [3.05, 3.63) is 47.5 Å². The van der Waals surface area contributed by atoms with Crippen molar-refractivity contribution in [3.63, 3.8) is 0 Å². The van der Waals surface area contributed by atoms with Gasteiger partial charge < -0.3 is 0 Å². The topological polar surface area (TPSA) is 52.6 Å². The van der Waals surface area contributed by atoms with E-state index in [0.717, 1.165) is 32.1 Å². The van der Waals surface area contributed by atoms with Gasteiger partial charge in [0.15, 0.2) is 0 Å². The van der Waals surface area contributed by atoms with Gasteiger partial charge in [-0.25, -0.2) is 19.4 Å². The zero-order valence-corrected chi connectivity index (χ0v) is 14.0. The molecule has 4 nitrogen and oxygen atoms in total. The minimum Gasteiger partial charge on any atom is -0.247 e. The standard InChI is InChI=1S/C18H23ClO4/c1-2-3-4-5-6-7-8-9-13-17(20)22-23-18(21)15-11-10-12-16(19)14-15/h2,10-12,14H,1,3-9,13H2. The molecule has 0 aliphatic carbocycles. The number of benzene rings is 1. The smallest absolute Gasteiger partial charge is 0.247 e. The van der Waals surface area contributed by atoms with Gasteiger partial charge in [-0.05, 0) is 37.5 Å². The summed E-state index contributed by atoms with van der Waals surface area (Å²) < 4.78 is 0. The van der Waals surface area contributed by atoms with Crippen molar-refractivity contribution in [2.45, 2.75) is 51.4 Å². The first-order valence-electron chi connectivity index (χ1n) is 7.91. The van der Waals surface area contributed by atoms with Crippen LogP contribution in [0, 0.1) is 0 Å². The van der Waals surface area contributed by atoms with Crippen LogP contribution in [0.15, 0.2) is 36.9 Å². The van der Waals surface area contributed by atoms with E-state index in [0.29, 0.717) is 5.02 Å². The lowest BCUT2D eigenvalue weighted by Crippen LogP contribution is -2.11. The molecule has 0 spiro atoms. The van der Waals surface area contributed by atoms with Crippen LogP contribution in [-0.2, 0) is 14.6 Å². The molecule has 0 saturated heterocycles. The van der Waals surface area contributed by atoms with Crippen LogP contribution in [0.3, 0.4) is 0 Å². The van der Waals surface area contributed by atoms with Gasteiger partial charge in [0.05, 0.1) is 12.0 Å². The Hall–Kier alpha value is -1.81. The predicted octanol–water partition coefficient (Wildman–Crippen LogP) is 5.26. The second kappa shape index (κ2) is 11.7. The summed E-state index contributed by atoms with van der Waals surface area (Å²) in [7, 11) is 0. The zero-order chi connectivity index (χ0) is 16.9. The van der Waals surface area contributed by atoms with Gasteiger partial charge in [0.25, 0.3) is 0 Å². The van der Waals surface area contributed by atoms with Gasteiger partial charge >= 0.3 is 11.9 Å². The summed E-state index contributed by atoms with van der Waals surface area (Å²) in [5.74, 6) is -1.27. The SMILES string of the molecule is C=CCCCCCCCCC(=O)OOC(=O)c1cccc(Cl)c1. The molecular formula is C18H23ClO4. The van der Waals surface area contributed by atoms with E-state index in [1.165, 1.54) is 25.0 Å². The van der Waals surface area contributed by atoms with E-state index >= 15 is 0 Å². The molecule has 0 unspecified atom stereocenters. The summed E-state index contributed by atoms with van der Waals surface area (Å²) in [6, 6.07) is 6.25. The lowest BCUT2D eigenvalue weighted by Gasteiger charge is -2.04. The average molecular weight is 339 g/mol. The van der Waals surface area contributed by atoms with Gasteiger partial charge in [0.1, 0.15) is 0 Å². The molecule has 0 aromatic heterocycles. The molecule has 0 amide bonds. The molecule has 1 rings (SSSR count). The van der Waals surface area contributed by atoms with Crippen molar-refractivity contribution < 1.29 is 19.4 Å². The Labute approximate surface area is 142 Å². The van der Waals surface area contributed by atoms with Crippen molar-refractivity contribution in [1.29, 1.82) is 0 Å². The molecule has 0 radical (unpaired) electrons. The zero-order valence-electron chi connectivity index (χ0n) is 13.3. The molecule has 0 bridgehead atoms. The second-order valence-electron chi connectivity index (χ2n) is 5.29. The summed E-state index contributed by atoms with van der Waals surface area (Å²) >= 11 is 5.77. The molecule has 0 atom stereocenters. The van der Waals surface area contributed by atoms with Gasteiger partial charge in [0, 0.05) is 5.02 Å². The lowest BCUT2D eigenvalue weighted by atomic mass is 10.1. The molecule has 23 heavy (non-hydrogen) atoms. The lowest BCUT2D eigenvalue weighted by molar-refractivity contribution is -0.234. The molecule has 0 saturated carbocycles. The normalized spacial score (nSPS) is 10.1. The van der Waals surface area contributed by atoms with E-state index in [1.54, 1.807) is 12.1 Å². The number of rotatable bonds is 10. The predicted molar refractivity (Wildman–Crippen MR) is 90.1 cm³/mol. The van der Waals surface area contributed by atoms with E-state index in [1.807, 2.05) is 6.08 Å². The maximum Gasteiger partial charge on any atom is 0.386 e. The number of unbranched alkanes of at least 4 members (excludes halogenated alkanes) is 6. The minimum atomic E-state index is -0.733. The fraction of sp³-hybridized carbons (Fsp3) is 0.444. The highest BCUT2D eigenvalue weighted by Crippen LogP contribution is 2.12. The maximum absolute atomic E-state index is 11.6. The molecule has 0 aliphatic rings. The maximum atomic E-state index is 11.6. The van der Waals surface area contributed by atoms with Gasteiger partial charge in [-0.1, -0.05) is 49.4 Å². The van der Waals surface area contributed by atoms with Gasteiger partial charge in [-0.15, -0.1) is 6.58 Å². The largest absolute Gasteiger partial charge is 0.386 e. The summed E-state index contributed by atoms with van der Waals surface area (Å²) in [6.07, 6.45) is 9.54. The Bertz CT molecular complexity index is 513. The molecule has 0 N–H and O–H groups in total. The minimum absolute atomic E-state index is 0.241. The first-order valence-corrected chi connectivity index (χ1v) is 8.29. The first kappa shape index (κ1) is 19.2. The Morgan fingerprint density at radius 3 is 2.43 bits per heavy atom. The average Bonchev–Trinajstić information content (AvgIpc) is 2.55. The molecule has 1 aromatic carbocycles. The Balaban J connectivity index is 2.08. The quantitative estimate of drug-likeness (QED) is 0.252. The third-order valence-electron chi connectivity index (χ3n) is 3.31. The van der Waals surface area contributed by atoms with Crippen molar-refractivity contribution in [3.8, 4) is 0 Å². The Kier molecular flexibility index (Phi) is 9.80. The van der Waals surface area contributed by atoms with E-state index in [-0.39, 0.29) is 12.0 Å². The first-order chi connectivity index (χ1) is 11.1.